The second-order valence-electron chi connectivity index (χ2n) is 6.74. The quantitative estimate of drug-likeness (QED) is 0.453. The Morgan fingerprint density at radius 2 is 1.38 bits per heavy atom. The number of carboxylic acid groups (broad SMARTS) is 1. The van der Waals surface area contributed by atoms with Crippen molar-refractivity contribution in [3.8, 4) is 23.0 Å². The second kappa shape index (κ2) is 10.3. The molecule has 3 rings (SSSR count). The van der Waals surface area contributed by atoms with Gasteiger partial charge >= 0.3 is 5.97 Å². The lowest BCUT2D eigenvalue weighted by Gasteiger charge is -2.15. The highest BCUT2D eigenvalue weighted by atomic mass is 19.1. The van der Waals surface area contributed by atoms with Crippen LogP contribution in [0.15, 0.2) is 60.7 Å². The minimum absolute atomic E-state index is 0.00432. The summed E-state index contributed by atoms with van der Waals surface area (Å²) in [4.78, 5) is 11.2. The number of nitrogens with one attached hydrogen (secondary N) is 1. The molecule has 0 amide bonds. The summed E-state index contributed by atoms with van der Waals surface area (Å²) in [7, 11) is 3.12. The molecule has 0 aliphatic heterocycles. The molecule has 2 N–H and O–H groups in total. The maximum atomic E-state index is 14.8. The van der Waals surface area contributed by atoms with Crippen LogP contribution in [0.4, 0.5) is 4.39 Å². The summed E-state index contributed by atoms with van der Waals surface area (Å²) in [6.07, 6.45) is 0. The van der Waals surface area contributed by atoms with Crippen molar-refractivity contribution in [1.29, 1.82) is 5.41 Å². The Bertz CT molecular complexity index is 1100. The van der Waals surface area contributed by atoms with Crippen LogP contribution in [0.1, 0.15) is 16.7 Å². The minimum atomic E-state index is -1.47. The van der Waals surface area contributed by atoms with Crippen LogP contribution in [0.5, 0.6) is 23.0 Å². The highest BCUT2D eigenvalue weighted by molar-refractivity contribution is 6.41. The van der Waals surface area contributed by atoms with E-state index in [9.17, 15) is 9.18 Å². The normalized spacial score (nSPS) is 10.3. The van der Waals surface area contributed by atoms with E-state index >= 15 is 0 Å². The van der Waals surface area contributed by atoms with Crippen molar-refractivity contribution in [2.45, 2.75) is 13.2 Å². The minimum Gasteiger partial charge on any atom is -0.497 e. The molecule has 8 heteroatoms. The van der Waals surface area contributed by atoms with Gasteiger partial charge in [0.1, 0.15) is 30.4 Å². The van der Waals surface area contributed by atoms with Crippen molar-refractivity contribution < 1.29 is 33.2 Å². The van der Waals surface area contributed by atoms with Gasteiger partial charge in [-0.05, 0) is 47.5 Å². The van der Waals surface area contributed by atoms with Crippen LogP contribution in [0, 0.1) is 11.2 Å². The van der Waals surface area contributed by atoms with E-state index in [0.717, 1.165) is 17.2 Å². The SMILES string of the molecule is COc1ccc(COc2cc(C(=N)C(=O)O)cc(F)c2OCc2ccc(OC)cc2)cc1. The molecule has 0 unspecified atom stereocenters. The summed E-state index contributed by atoms with van der Waals surface area (Å²) in [5.74, 6) is -1.11. The standard InChI is InChI=1S/C24H22FNO6/c1-29-18-7-3-15(4-8-18)13-31-21-12-17(22(26)24(27)28)11-20(25)23(21)32-14-16-5-9-19(30-2)10-6-16/h3-12,26H,13-14H2,1-2H3,(H,27,28). The van der Waals surface area contributed by atoms with Crippen molar-refractivity contribution in [2.24, 2.45) is 0 Å². The van der Waals surface area contributed by atoms with Crippen LogP contribution >= 0.6 is 0 Å². The largest absolute Gasteiger partial charge is 0.497 e. The molecule has 0 aliphatic rings. The molecule has 0 aliphatic carbocycles. The van der Waals surface area contributed by atoms with Gasteiger partial charge < -0.3 is 24.1 Å². The molecular formula is C24H22FNO6. The summed E-state index contributed by atoms with van der Waals surface area (Å²) in [5, 5.41) is 16.8. The van der Waals surface area contributed by atoms with E-state index in [1.54, 1.807) is 62.8 Å². The van der Waals surface area contributed by atoms with Crippen LogP contribution in [0.2, 0.25) is 0 Å². The highest BCUT2D eigenvalue weighted by Gasteiger charge is 2.19. The molecule has 166 valence electrons. The van der Waals surface area contributed by atoms with Gasteiger partial charge in [0, 0.05) is 5.56 Å². The third-order valence-electron chi connectivity index (χ3n) is 4.61. The van der Waals surface area contributed by atoms with E-state index in [4.69, 9.17) is 29.5 Å². The molecule has 3 aromatic rings. The number of aliphatic carboxylic acids is 1. The van der Waals surface area contributed by atoms with Gasteiger partial charge in [-0.1, -0.05) is 24.3 Å². The molecule has 0 radical (unpaired) electrons. The van der Waals surface area contributed by atoms with Crippen LogP contribution in [0.25, 0.3) is 0 Å². The average molecular weight is 439 g/mol. The fraction of sp³-hybridized carbons (Fsp3) is 0.167. The Kier molecular flexibility index (Phi) is 7.28. The molecule has 32 heavy (non-hydrogen) atoms. The molecule has 0 fully saturated rings. The fourth-order valence-corrected chi connectivity index (χ4v) is 2.84. The van der Waals surface area contributed by atoms with Crippen molar-refractivity contribution in [3.05, 3.63) is 83.2 Å². The van der Waals surface area contributed by atoms with Gasteiger partial charge in [0.15, 0.2) is 17.3 Å². The first-order valence-corrected chi connectivity index (χ1v) is 9.58. The number of methoxy groups -OCH3 is 2. The molecule has 3 aromatic carbocycles. The van der Waals surface area contributed by atoms with E-state index in [1.807, 2.05) is 0 Å². The van der Waals surface area contributed by atoms with E-state index in [0.29, 0.717) is 11.5 Å². The van der Waals surface area contributed by atoms with Crippen LogP contribution < -0.4 is 18.9 Å². The Hall–Kier alpha value is -4.07. The number of halogens is 1. The molecule has 0 heterocycles. The number of rotatable bonds is 10. The van der Waals surface area contributed by atoms with Gasteiger partial charge in [-0.15, -0.1) is 0 Å². The number of hydrogen-bond acceptors (Lipinski definition) is 6. The maximum Gasteiger partial charge on any atom is 0.354 e. The molecule has 0 bridgehead atoms. The zero-order valence-electron chi connectivity index (χ0n) is 17.6. The van der Waals surface area contributed by atoms with Crippen molar-refractivity contribution in [2.75, 3.05) is 14.2 Å². The van der Waals surface area contributed by atoms with Crippen molar-refractivity contribution >= 4 is 11.7 Å². The first kappa shape index (κ1) is 22.6. The highest BCUT2D eigenvalue weighted by Crippen LogP contribution is 2.34. The molecule has 0 atom stereocenters. The molecule has 0 saturated carbocycles. The third kappa shape index (κ3) is 5.54. The van der Waals surface area contributed by atoms with Crippen LogP contribution in [-0.4, -0.2) is 31.0 Å². The molecule has 0 saturated heterocycles. The number of carbonyl (C=O) groups is 1. The summed E-state index contributed by atoms with van der Waals surface area (Å²) >= 11 is 0. The molecule has 0 aromatic heterocycles. The predicted octanol–water partition coefficient (Wildman–Crippen LogP) is 4.45. The molecule has 7 nitrogen and oxygen atoms in total. The summed E-state index contributed by atoms with van der Waals surface area (Å²) in [5.41, 5.74) is 0.677. The van der Waals surface area contributed by atoms with Crippen LogP contribution in [0.3, 0.4) is 0 Å². The van der Waals surface area contributed by atoms with Gasteiger partial charge in [0.25, 0.3) is 0 Å². The molecule has 0 spiro atoms. The van der Waals surface area contributed by atoms with Crippen molar-refractivity contribution in [3.63, 3.8) is 0 Å². The lowest BCUT2D eigenvalue weighted by molar-refractivity contribution is -0.129. The Morgan fingerprint density at radius 1 is 0.875 bits per heavy atom. The number of ether oxygens (including phenoxy) is 4. The smallest absolute Gasteiger partial charge is 0.354 e. The average Bonchev–Trinajstić information content (AvgIpc) is 2.81. The lowest BCUT2D eigenvalue weighted by Crippen LogP contribution is -2.14. The zero-order chi connectivity index (χ0) is 23.1. The van der Waals surface area contributed by atoms with Crippen molar-refractivity contribution in [1.82, 2.24) is 0 Å². The van der Waals surface area contributed by atoms with Gasteiger partial charge in [-0.25, -0.2) is 9.18 Å². The number of benzene rings is 3. The topological polar surface area (TPSA) is 98.1 Å². The Labute approximate surface area is 184 Å². The second-order valence-corrected chi connectivity index (χ2v) is 6.74. The third-order valence-corrected chi connectivity index (χ3v) is 4.61. The summed E-state index contributed by atoms with van der Waals surface area (Å²) in [6, 6.07) is 16.4. The number of carboxylic acids is 1. The summed E-state index contributed by atoms with van der Waals surface area (Å²) < 4.78 is 36.5. The van der Waals surface area contributed by atoms with Gasteiger partial charge in [0.05, 0.1) is 14.2 Å². The fourth-order valence-electron chi connectivity index (χ4n) is 2.84. The first-order chi connectivity index (χ1) is 15.4. The zero-order valence-corrected chi connectivity index (χ0v) is 17.6. The lowest BCUT2D eigenvalue weighted by atomic mass is 10.1. The van der Waals surface area contributed by atoms with E-state index in [1.165, 1.54) is 6.07 Å². The number of hydrogen-bond donors (Lipinski definition) is 2. The maximum absolute atomic E-state index is 14.8. The Balaban J connectivity index is 1.85. The predicted molar refractivity (Wildman–Crippen MR) is 116 cm³/mol. The van der Waals surface area contributed by atoms with Gasteiger partial charge in [-0.2, -0.15) is 0 Å². The first-order valence-electron chi connectivity index (χ1n) is 9.58. The van der Waals surface area contributed by atoms with Crippen LogP contribution in [-0.2, 0) is 18.0 Å². The summed E-state index contributed by atoms with van der Waals surface area (Å²) in [6.45, 7) is 0.127. The van der Waals surface area contributed by atoms with Gasteiger partial charge in [0.2, 0.25) is 0 Å². The molecular weight excluding hydrogens is 417 g/mol. The van der Waals surface area contributed by atoms with E-state index in [2.05, 4.69) is 0 Å². The Morgan fingerprint density at radius 3 is 1.84 bits per heavy atom. The van der Waals surface area contributed by atoms with E-state index < -0.39 is 17.5 Å². The van der Waals surface area contributed by atoms with Gasteiger partial charge in [-0.3, -0.25) is 5.41 Å². The monoisotopic (exact) mass is 439 g/mol. The van der Waals surface area contributed by atoms with E-state index in [-0.39, 0.29) is 30.3 Å².